The highest BCUT2D eigenvalue weighted by Gasteiger charge is 2.46. The van der Waals surface area contributed by atoms with Gasteiger partial charge in [-0.05, 0) is 44.7 Å². The number of fused-ring (bicyclic) bond motifs is 1. The van der Waals surface area contributed by atoms with Gasteiger partial charge in [-0.15, -0.1) is 0 Å². The predicted molar refractivity (Wildman–Crippen MR) is 130 cm³/mol. The Morgan fingerprint density at radius 2 is 2.06 bits per heavy atom. The number of amides is 1. The number of carbonyl (C=O) groups is 1. The molecular weight excluding hydrogens is 472 g/mol. The molecular formula is C24H29F2N7O3. The van der Waals surface area contributed by atoms with Gasteiger partial charge in [0.1, 0.15) is 22.9 Å². The first-order chi connectivity index (χ1) is 17.0. The van der Waals surface area contributed by atoms with Crippen LogP contribution in [0.4, 0.5) is 26.1 Å². The third-order valence-electron chi connectivity index (χ3n) is 6.96. The molecule has 5 rings (SSSR count). The maximum Gasteiger partial charge on any atom is 0.274 e. The Bertz CT molecular complexity index is 1360. The van der Waals surface area contributed by atoms with Gasteiger partial charge < -0.3 is 25.6 Å². The summed E-state index contributed by atoms with van der Waals surface area (Å²) in [4.78, 5) is 30.6. The summed E-state index contributed by atoms with van der Waals surface area (Å²) in [6.07, 6.45) is 4.95. The fourth-order valence-electron chi connectivity index (χ4n) is 5.07. The monoisotopic (exact) mass is 501 g/mol. The lowest BCUT2D eigenvalue weighted by Crippen LogP contribution is -2.44. The number of pyridine rings is 1. The van der Waals surface area contributed by atoms with Crippen LogP contribution in [0.5, 0.6) is 0 Å². The number of nitrogens with one attached hydrogen (secondary N) is 3. The largest absolute Gasteiger partial charge is 0.390 e. The first-order valence-corrected chi connectivity index (χ1v) is 12.0. The molecule has 2 atom stereocenters. The van der Waals surface area contributed by atoms with Crippen molar-refractivity contribution in [3.63, 3.8) is 0 Å². The van der Waals surface area contributed by atoms with Crippen LogP contribution in [0.1, 0.15) is 61.8 Å². The van der Waals surface area contributed by atoms with Gasteiger partial charge in [0.25, 0.3) is 17.4 Å². The van der Waals surface area contributed by atoms with Crippen LogP contribution < -0.4 is 21.5 Å². The van der Waals surface area contributed by atoms with Gasteiger partial charge in [0, 0.05) is 44.2 Å². The molecule has 3 aromatic rings. The van der Waals surface area contributed by atoms with Crippen LogP contribution >= 0.6 is 0 Å². The molecule has 12 heteroatoms. The average Bonchev–Trinajstić information content (AvgIpc) is 3.22. The second-order valence-corrected chi connectivity index (χ2v) is 10.0. The highest BCUT2D eigenvalue weighted by atomic mass is 19.3. The number of rotatable bonds is 6. The minimum Gasteiger partial charge on any atom is -0.390 e. The van der Waals surface area contributed by atoms with Crippen molar-refractivity contribution in [2.24, 2.45) is 0 Å². The number of halogens is 2. The molecule has 4 N–H and O–H groups in total. The second kappa shape index (κ2) is 8.84. The molecule has 0 unspecified atom stereocenters. The van der Waals surface area contributed by atoms with E-state index in [1.807, 2.05) is 0 Å². The van der Waals surface area contributed by atoms with E-state index in [0.29, 0.717) is 18.7 Å². The zero-order chi connectivity index (χ0) is 25.7. The molecule has 0 spiro atoms. The molecule has 10 nitrogen and oxygen atoms in total. The highest BCUT2D eigenvalue weighted by molar-refractivity contribution is 6.00. The average molecular weight is 502 g/mol. The van der Waals surface area contributed by atoms with Crippen molar-refractivity contribution < 1.29 is 18.7 Å². The summed E-state index contributed by atoms with van der Waals surface area (Å²) in [5.74, 6) is -2.28. The van der Waals surface area contributed by atoms with E-state index < -0.39 is 23.1 Å². The van der Waals surface area contributed by atoms with Crippen LogP contribution in [-0.4, -0.2) is 54.8 Å². The van der Waals surface area contributed by atoms with E-state index in [2.05, 4.69) is 26.0 Å². The van der Waals surface area contributed by atoms with Gasteiger partial charge in [-0.1, -0.05) is 0 Å². The Kier molecular flexibility index (Phi) is 5.93. The third kappa shape index (κ3) is 4.64. The van der Waals surface area contributed by atoms with Crippen LogP contribution in [-0.2, 0) is 0 Å². The van der Waals surface area contributed by atoms with Crippen LogP contribution in [0.15, 0.2) is 35.4 Å². The number of aromatic nitrogens is 4. The summed E-state index contributed by atoms with van der Waals surface area (Å²) in [7, 11) is 1.69. The molecule has 36 heavy (non-hydrogen) atoms. The second-order valence-electron chi connectivity index (χ2n) is 10.0. The Morgan fingerprint density at radius 1 is 1.28 bits per heavy atom. The van der Waals surface area contributed by atoms with Gasteiger partial charge >= 0.3 is 0 Å². The van der Waals surface area contributed by atoms with Gasteiger partial charge in [0.2, 0.25) is 0 Å². The maximum atomic E-state index is 13.3. The quantitative estimate of drug-likeness (QED) is 0.409. The number of carbonyl (C=O) groups excluding carboxylic acids is 1. The molecule has 0 aliphatic heterocycles. The van der Waals surface area contributed by atoms with Crippen LogP contribution in [0.2, 0.25) is 0 Å². The van der Waals surface area contributed by atoms with Gasteiger partial charge in [-0.2, -0.15) is 9.61 Å². The highest BCUT2D eigenvalue weighted by Crippen LogP contribution is 2.44. The van der Waals surface area contributed by atoms with Crippen molar-refractivity contribution in [2.45, 2.75) is 69.1 Å². The summed E-state index contributed by atoms with van der Waals surface area (Å²) >= 11 is 0. The van der Waals surface area contributed by atoms with Crippen LogP contribution in [0, 0.1) is 0 Å². The fraction of sp³-hybridized carbons (Fsp3) is 0.500. The SMILES string of the molecule is CNc1cc(Nc2cccn(C3CC(F)(F)C3)c2=O)nc2c(C(=O)N[C@H]3CCC[C@](C)(O)C3)cnn12. The number of aliphatic hydroxyl groups is 1. The number of nitrogens with zero attached hydrogens (tertiary/aromatic N) is 4. The smallest absolute Gasteiger partial charge is 0.274 e. The Labute approximate surface area is 205 Å². The maximum absolute atomic E-state index is 13.3. The molecule has 2 aliphatic rings. The molecule has 0 radical (unpaired) electrons. The Balaban J connectivity index is 1.42. The Hall–Kier alpha value is -3.54. The normalized spacial score (nSPS) is 23.8. The van der Waals surface area contributed by atoms with Gasteiger partial charge in [0.15, 0.2) is 5.65 Å². The molecule has 192 valence electrons. The molecule has 2 fully saturated rings. The lowest BCUT2D eigenvalue weighted by molar-refractivity contribution is -0.104. The van der Waals surface area contributed by atoms with E-state index in [-0.39, 0.29) is 47.5 Å². The van der Waals surface area contributed by atoms with E-state index in [9.17, 15) is 23.5 Å². The van der Waals surface area contributed by atoms with Gasteiger partial charge in [-0.25, -0.2) is 13.8 Å². The molecule has 3 aromatic heterocycles. The molecule has 1 amide bonds. The first kappa shape index (κ1) is 24.2. The first-order valence-electron chi connectivity index (χ1n) is 12.0. The number of hydrogen-bond acceptors (Lipinski definition) is 7. The summed E-state index contributed by atoms with van der Waals surface area (Å²) in [6, 6.07) is 4.09. The third-order valence-corrected chi connectivity index (χ3v) is 6.96. The van der Waals surface area contributed by atoms with E-state index >= 15 is 0 Å². The predicted octanol–water partition coefficient (Wildman–Crippen LogP) is 3.07. The van der Waals surface area contributed by atoms with Crippen LogP contribution in [0.3, 0.4) is 0 Å². The standard InChI is InChI=1S/C24H29F2N7O3/c1-23(36)7-3-5-14(10-23)29-21(34)16-13-28-33-19(27-2)9-18(31-20(16)33)30-17-6-4-8-32(22(17)35)15-11-24(25,26)12-15/h4,6,8-9,13-15,27,36H,3,5,7,10-12H2,1-2H3,(H,29,34)(H,30,31)/t14-,23-/m0/s1. The minimum atomic E-state index is -2.74. The topological polar surface area (TPSA) is 126 Å². The molecule has 3 heterocycles. The minimum absolute atomic E-state index is 0.164. The zero-order valence-electron chi connectivity index (χ0n) is 20.1. The summed E-state index contributed by atoms with van der Waals surface area (Å²) in [6.45, 7) is 1.77. The van der Waals surface area contributed by atoms with E-state index in [1.54, 1.807) is 32.2 Å². The van der Waals surface area contributed by atoms with Gasteiger partial charge in [0.05, 0.1) is 11.8 Å². The molecule has 2 aliphatic carbocycles. The molecule has 2 saturated carbocycles. The van der Waals surface area contributed by atoms with Crippen molar-refractivity contribution in [1.82, 2.24) is 24.5 Å². The van der Waals surface area contributed by atoms with Gasteiger partial charge in [-0.3, -0.25) is 9.59 Å². The lowest BCUT2D eigenvalue weighted by Gasteiger charge is -2.36. The van der Waals surface area contributed by atoms with Crippen molar-refractivity contribution in [3.8, 4) is 0 Å². The van der Waals surface area contributed by atoms with Crippen molar-refractivity contribution in [1.29, 1.82) is 0 Å². The molecule has 0 bridgehead atoms. The van der Waals surface area contributed by atoms with E-state index in [4.69, 9.17) is 0 Å². The summed E-state index contributed by atoms with van der Waals surface area (Å²) < 4.78 is 29.5. The summed E-state index contributed by atoms with van der Waals surface area (Å²) in [5.41, 5.74) is -0.533. The van der Waals surface area contributed by atoms with E-state index in [0.717, 1.165) is 12.8 Å². The zero-order valence-corrected chi connectivity index (χ0v) is 20.1. The van der Waals surface area contributed by atoms with Crippen LogP contribution in [0.25, 0.3) is 5.65 Å². The number of alkyl halides is 2. The van der Waals surface area contributed by atoms with Crippen molar-refractivity contribution in [2.75, 3.05) is 17.7 Å². The lowest BCUT2D eigenvalue weighted by atomic mass is 9.83. The fourth-order valence-corrected chi connectivity index (χ4v) is 5.07. The number of anilines is 3. The number of hydrogen-bond donors (Lipinski definition) is 4. The van der Waals surface area contributed by atoms with E-state index in [1.165, 1.54) is 21.5 Å². The molecule has 0 aromatic carbocycles. The van der Waals surface area contributed by atoms with Crippen molar-refractivity contribution >= 4 is 28.9 Å². The van der Waals surface area contributed by atoms with Crippen molar-refractivity contribution in [3.05, 3.63) is 46.5 Å². The molecule has 0 saturated heterocycles. The summed E-state index contributed by atoms with van der Waals surface area (Å²) in [5, 5.41) is 23.6. The Morgan fingerprint density at radius 3 is 2.75 bits per heavy atom.